The molecule has 0 saturated heterocycles. The van der Waals surface area contributed by atoms with Crippen molar-refractivity contribution in [3.63, 3.8) is 0 Å². The van der Waals surface area contributed by atoms with Gasteiger partial charge in [0.2, 0.25) is 0 Å². The van der Waals surface area contributed by atoms with Crippen molar-refractivity contribution in [1.29, 1.82) is 0 Å². The SMILES string of the molecule is Cn1c(C(F)(F)F)c(C=O)c2cc(Br)ccc21. The van der Waals surface area contributed by atoms with E-state index in [1.165, 1.54) is 13.1 Å². The van der Waals surface area contributed by atoms with Gasteiger partial charge in [0.1, 0.15) is 5.69 Å². The molecule has 0 atom stereocenters. The zero-order valence-corrected chi connectivity index (χ0v) is 10.3. The van der Waals surface area contributed by atoms with Crippen molar-refractivity contribution in [2.45, 2.75) is 6.18 Å². The van der Waals surface area contributed by atoms with E-state index in [-0.39, 0.29) is 11.8 Å². The van der Waals surface area contributed by atoms with Gasteiger partial charge in [-0.15, -0.1) is 0 Å². The number of aryl methyl sites for hydroxylation is 1. The number of alkyl halides is 3. The fourth-order valence-corrected chi connectivity index (χ4v) is 2.27. The number of benzene rings is 1. The first-order valence-corrected chi connectivity index (χ1v) is 5.46. The Labute approximate surface area is 103 Å². The molecule has 0 saturated carbocycles. The van der Waals surface area contributed by atoms with Crippen LogP contribution in [0.5, 0.6) is 0 Å². The molecule has 0 aliphatic rings. The van der Waals surface area contributed by atoms with Gasteiger partial charge in [-0.3, -0.25) is 4.79 Å². The number of hydrogen-bond donors (Lipinski definition) is 0. The van der Waals surface area contributed by atoms with Gasteiger partial charge in [0.25, 0.3) is 0 Å². The lowest BCUT2D eigenvalue weighted by Gasteiger charge is -2.08. The van der Waals surface area contributed by atoms with E-state index in [2.05, 4.69) is 15.9 Å². The second kappa shape index (κ2) is 3.87. The fraction of sp³-hybridized carbons (Fsp3) is 0.182. The highest BCUT2D eigenvalue weighted by molar-refractivity contribution is 9.10. The van der Waals surface area contributed by atoms with Crippen LogP contribution >= 0.6 is 15.9 Å². The first kappa shape index (κ1) is 12.2. The Morgan fingerprint density at radius 1 is 1.35 bits per heavy atom. The van der Waals surface area contributed by atoms with E-state index in [1.54, 1.807) is 12.1 Å². The molecule has 1 aromatic heterocycles. The van der Waals surface area contributed by atoms with Crippen LogP contribution in [0, 0.1) is 0 Å². The molecule has 17 heavy (non-hydrogen) atoms. The summed E-state index contributed by atoms with van der Waals surface area (Å²) in [6, 6.07) is 4.69. The zero-order chi connectivity index (χ0) is 12.8. The summed E-state index contributed by atoms with van der Waals surface area (Å²) in [7, 11) is 1.30. The van der Waals surface area contributed by atoms with Gasteiger partial charge in [0.05, 0.1) is 5.56 Å². The maximum Gasteiger partial charge on any atom is 0.432 e. The molecule has 1 heterocycles. The molecule has 0 bridgehead atoms. The summed E-state index contributed by atoms with van der Waals surface area (Å²) in [5.41, 5.74) is -0.862. The molecule has 0 aliphatic heterocycles. The molecule has 1 aromatic carbocycles. The Bertz CT molecular complexity index is 601. The highest BCUT2D eigenvalue weighted by atomic mass is 79.9. The lowest BCUT2D eigenvalue weighted by molar-refractivity contribution is -0.143. The van der Waals surface area contributed by atoms with Crippen molar-refractivity contribution in [3.05, 3.63) is 33.9 Å². The van der Waals surface area contributed by atoms with Gasteiger partial charge >= 0.3 is 6.18 Å². The number of hydrogen-bond acceptors (Lipinski definition) is 1. The van der Waals surface area contributed by atoms with E-state index >= 15 is 0 Å². The summed E-state index contributed by atoms with van der Waals surface area (Å²) >= 11 is 3.17. The van der Waals surface area contributed by atoms with Crippen LogP contribution in [-0.2, 0) is 13.2 Å². The van der Waals surface area contributed by atoms with Gasteiger partial charge in [-0.25, -0.2) is 0 Å². The number of rotatable bonds is 1. The quantitative estimate of drug-likeness (QED) is 0.735. The minimum atomic E-state index is -4.55. The van der Waals surface area contributed by atoms with Crippen molar-refractivity contribution in [2.75, 3.05) is 0 Å². The molecular weight excluding hydrogens is 299 g/mol. The molecule has 0 fully saturated rings. The van der Waals surface area contributed by atoms with Gasteiger partial charge in [0.15, 0.2) is 6.29 Å². The molecule has 6 heteroatoms. The maximum absolute atomic E-state index is 12.8. The highest BCUT2D eigenvalue weighted by Gasteiger charge is 2.38. The molecule has 2 nitrogen and oxygen atoms in total. The van der Waals surface area contributed by atoms with Crippen LogP contribution in [0.4, 0.5) is 13.2 Å². The highest BCUT2D eigenvalue weighted by Crippen LogP contribution is 2.37. The minimum absolute atomic E-state index is 0.248. The van der Waals surface area contributed by atoms with Crippen LogP contribution in [-0.4, -0.2) is 10.9 Å². The molecule has 90 valence electrons. The number of carbonyl (C=O) groups excluding carboxylic acids is 1. The Balaban J connectivity index is 2.94. The third kappa shape index (κ3) is 1.86. The summed E-state index contributed by atoms with van der Waals surface area (Å²) in [6.45, 7) is 0. The van der Waals surface area contributed by atoms with Crippen LogP contribution < -0.4 is 0 Å². The third-order valence-corrected chi connectivity index (χ3v) is 3.08. The van der Waals surface area contributed by atoms with Crippen molar-refractivity contribution >= 4 is 33.1 Å². The van der Waals surface area contributed by atoms with E-state index in [0.717, 1.165) is 4.57 Å². The largest absolute Gasteiger partial charge is 0.432 e. The molecule has 2 aromatic rings. The van der Waals surface area contributed by atoms with Gasteiger partial charge in [0, 0.05) is 22.4 Å². The van der Waals surface area contributed by atoms with Crippen LogP contribution in [0.2, 0.25) is 0 Å². The van der Waals surface area contributed by atoms with Crippen LogP contribution in [0.1, 0.15) is 16.1 Å². The third-order valence-electron chi connectivity index (χ3n) is 2.59. The Hall–Kier alpha value is -1.30. The molecule has 0 amide bonds. The van der Waals surface area contributed by atoms with Gasteiger partial charge in [-0.2, -0.15) is 13.2 Å². The maximum atomic E-state index is 12.8. The predicted octanol–water partition coefficient (Wildman–Crippen LogP) is 3.77. The van der Waals surface area contributed by atoms with Gasteiger partial charge in [-0.05, 0) is 18.2 Å². The average molecular weight is 306 g/mol. The first-order valence-electron chi connectivity index (χ1n) is 4.66. The summed E-state index contributed by atoms with van der Waals surface area (Å²) in [4.78, 5) is 10.9. The Kier molecular flexibility index (Phi) is 2.77. The number of aldehydes is 1. The summed E-state index contributed by atoms with van der Waals surface area (Å²) in [6.07, 6.45) is -4.30. The molecule has 0 aliphatic carbocycles. The summed E-state index contributed by atoms with van der Waals surface area (Å²) in [5, 5.41) is 0.296. The molecule has 0 radical (unpaired) electrons. The van der Waals surface area contributed by atoms with E-state index < -0.39 is 11.9 Å². The summed E-state index contributed by atoms with van der Waals surface area (Å²) < 4.78 is 40.2. The number of halogens is 4. The fourth-order valence-electron chi connectivity index (χ4n) is 1.91. The lowest BCUT2D eigenvalue weighted by Crippen LogP contribution is -2.13. The molecule has 0 spiro atoms. The number of fused-ring (bicyclic) bond motifs is 1. The van der Waals surface area contributed by atoms with Crippen molar-refractivity contribution < 1.29 is 18.0 Å². The van der Waals surface area contributed by atoms with E-state index in [1.807, 2.05) is 0 Å². The predicted molar refractivity (Wildman–Crippen MR) is 61.0 cm³/mol. The monoisotopic (exact) mass is 305 g/mol. The normalized spacial score (nSPS) is 12.1. The Morgan fingerprint density at radius 3 is 2.53 bits per heavy atom. The van der Waals surface area contributed by atoms with Crippen molar-refractivity contribution in [1.82, 2.24) is 4.57 Å². The number of carbonyl (C=O) groups is 1. The average Bonchev–Trinajstić information content (AvgIpc) is 2.50. The first-order chi connectivity index (χ1) is 7.86. The smallest absolute Gasteiger partial charge is 0.339 e. The van der Waals surface area contributed by atoms with Crippen molar-refractivity contribution in [3.8, 4) is 0 Å². The topological polar surface area (TPSA) is 22.0 Å². The second-order valence-corrected chi connectivity index (χ2v) is 4.51. The number of aromatic nitrogens is 1. The van der Waals surface area contributed by atoms with Crippen LogP contribution in [0.3, 0.4) is 0 Å². The second-order valence-electron chi connectivity index (χ2n) is 3.60. The molecule has 0 unspecified atom stereocenters. The minimum Gasteiger partial charge on any atom is -0.339 e. The molecular formula is C11H7BrF3NO. The van der Waals surface area contributed by atoms with Crippen LogP contribution in [0.25, 0.3) is 10.9 Å². The van der Waals surface area contributed by atoms with Crippen LogP contribution in [0.15, 0.2) is 22.7 Å². The Morgan fingerprint density at radius 2 is 2.00 bits per heavy atom. The zero-order valence-electron chi connectivity index (χ0n) is 8.68. The standard InChI is InChI=1S/C11H7BrF3NO/c1-16-9-3-2-6(12)4-7(9)8(5-17)10(16)11(13,14)15/h2-5H,1H3. The number of nitrogens with zero attached hydrogens (tertiary/aromatic N) is 1. The van der Waals surface area contributed by atoms with Crippen molar-refractivity contribution in [2.24, 2.45) is 7.05 Å². The van der Waals surface area contributed by atoms with E-state index in [9.17, 15) is 18.0 Å². The molecule has 2 rings (SSSR count). The van der Waals surface area contributed by atoms with E-state index in [0.29, 0.717) is 15.4 Å². The molecule has 0 N–H and O–H groups in total. The summed E-state index contributed by atoms with van der Waals surface area (Å²) in [5.74, 6) is 0. The lowest BCUT2D eigenvalue weighted by atomic mass is 10.1. The van der Waals surface area contributed by atoms with Gasteiger partial charge in [-0.1, -0.05) is 15.9 Å². The van der Waals surface area contributed by atoms with E-state index in [4.69, 9.17) is 0 Å². The van der Waals surface area contributed by atoms with Gasteiger partial charge < -0.3 is 4.57 Å².